The van der Waals surface area contributed by atoms with Crippen LogP contribution in [0.1, 0.15) is 50.5 Å². The van der Waals surface area contributed by atoms with Crippen LogP contribution >= 0.6 is 0 Å². The Morgan fingerprint density at radius 2 is 1.84 bits per heavy atom. The number of halogens is 4. The van der Waals surface area contributed by atoms with Gasteiger partial charge in [-0.05, 0) is 42.7 Å². The van der Waals surface area contributed by atoms with E-state index in [0.717, 1.165) is 18.9 Å². The Morgan fingerprint density at radius 3 is 2.54 bits per heavy atom. The van der Waals surface area contributed by atoms with Gasteiger partial charge in [0, 0.05) is 30.9 Å². The van der Waals surface area contributed by atoms with E-state index >= 15 is 0 Å². The first-order valence-electron chi connectivity index (χ1n) is 11.4. The van der Waals surface area contributed by atoms with Crippen LogP contribution in [0.15, 0.2) is 54.9 Å². The molecule has 5 rings (SSSR count). The van der Waals surface area contributed by atoms with Crippen LogP contribution < -0.4 is 10.6 Å². The second-order valence-electron chi connectivity index (χ2n) is 8.43. The molecule has 0 unspecified atom stereocenters. The number of carbonyl (C=O) groups excluding carboxylic acids is 2. The van der Waals surface area contributed by atoms with Crippen molar-refractivity contribution in [2.45, 2.75) is 25.4 Å². The van der Waals surface area contributed by atoms with E-state index in [2.05, 4.69) is 25.6 Å². The highest BCUT2D eigenvalue weighted by Crippen LogP contribution is 2.38. The maximum Gasteiger partial charge on any atom is 0.417 e. The van der Waals surface area contributed by atoms with Gasteiger partial charge in [0.1, 0.15) is 5.82 Å². The minimum atomic E-state index is -4.91. The molecule has 0 spiro atoms. The minimum Gasteiger partial charge on any atom is -0.352 e. The zero-order valence-corrected chi connectivity index (χ0v) is 19.2. The Morgan fingerprint density at radius 1 is 1.05 bits per heavy atom. The molecule has 0 radical (unpaired) electrons. The number of pyridine rings is 1. The molecule has 3 heterocycles. The van der Waals surface area contributed by atoms with E-state index in [4.69, 9.17) is 0 Å². The van der Waals surface area contributed by atoms with Crippen LogP contribution in [-0.4, -0.2) is 33.3 Å². The van der Waals surface area contributed by atoms with Crippen LogP contribution in [0.3, 0.4) is 0 Å². The molecule has 2 amide bonds. The molecule has 3 aromatic rings. The highest BCUT2D eigenvalue weighted by Gasteiger charge is 2.36. The summed E-state index contributed by atoms with van der Waals surface area (Å²) in [6.07, 6.45) is 5.35. The average molecular weight is 509 g/mol. The maximum absolute atomic E-state index is 14.9. The molecule has 188 valence electrons. The molecule has 1 aliphatic heterocycles. The van der Waals surface area contributed by atoms with E-state index in [1.54, 1.807) is 0 Å². The van der Waals surface area contributed by atoms with Gasteiger partial charge in [-0.1, -0.05) is 18.2 Å². The third kappa shape index (κ3) is 4.84. The van der Waals surface area contributed by atoms with Gasteiger partial charge in [0.15, 0.2) is 5.82 Å². The van der Waals surface area contributed by atoms with Gasteiger partial charge in [-0.15, -0.1) is 0 Å². The smallest absolute Gasteiger partial charge is 0.352 e. The van der Waals surface area contributed by atoms with Gasteiger partial charge in [-0.25, -0.2) is 19.3 Å². The van der Waals surface area contributed by atoms with Crippen LogP contribution in [0.5, 0.6) is 0 Å². The third-order valence-electron chi connectivity index (χ3n) is 5.97. The zero-order valence-electron chi connectivity index (χ0n) is 19.2. The highest BCUT2D eigenvalue weighted by atomic mass is 19.4. The Balaban J connectivity index is 1.59. The van der Waals surface area contributed by atoms with Crippen LogP contribution in [0.25, 0.3) is 17.0 Å². The van der Waals surface area contributed by atoms with E-state index in [1.807, 2.05) is 18.2 Å². The lowest BCUT2D eigenvalue weighted by molar-refractivity contribution is -0.137. The molecule has 1 aromatic carbocycles. The number of rotatable bonds is 4. The fraction of sp³-hybridized carbons (Fsp3) is 0.192. The Labute approximate surface area is 208 Å². The van der Waals surface area contributed by atoms with Gasteiger partial charge in [-0.3, -0.25) is 9.59 Å². The lowest BCUT2D eigenvalue weighted by atomic mass is 9.98. The number of alkyl halides is 3. The van der Waals surface area contributed by atoms with E-state index in [-0.39, 0.29) is 29.0 Å². The van der Waals surface area contributed by atoms with Gasteiger partial charge < -0.3 is 10.6 Å². The van der Waals surface area contributed by atoms with E-state index in [1.165, 1.54) is 24.5 Å². The van der Waals surface area contributed by atoms with Crippen molar-refractivity contribution in [1.29, 1.82) is 0 Å². The molecule has 2 aliphatic rings. The molecule has 2 aromatic heterocycles. The Hall–Kier alpha value is -4.41. The normalized spacial score (nSPS) is 15.0. The lowest BCUT2D eigenvalue weighted by Gasteiger charge is -2.21. The highest BCUT2D eigenvalue weighted by molar-refractivity contribution is 6.08. The number of hydrogen-bond acceptors (Lipinski definition) is 5. The number of nitrogens with one attached hydrogen (secondary N) is 2. The summed E-state index contributed by atoms with van der Waals surface area (Å²) < 4.78 is 55.9. The monoisotopic (exact) mass is 509 g/mol. The van der Waals surface area contributed by atoms with Crippen molar-refractivity contribution in [3.8, 4) is 11.4 Å². The Bertz CT molecular complexity index is 1470. The molecular weight excluding hydrogens is 490 g/mol. The SMILES string of the molecule is O=C(Nc1cc2c(nc1C1=CCCC=C1)CCNC2=O)c1cc(-c2ncccn2)c(C(F)(F)F)cc1F. The number of nitrogens with zero attached hydrogens (tertiary/aromatic N) is 3. The van der Waals surface area contributed by atoms with E-state index < -0.39 is 34.6 Å². The van der Waals surface area contributed by atoms with Crippen molar-refractivity contribution in [2.24, 2.45) is 0 Å². The first-order chi connectivity index (χ1) is 17.7. The van der Waals surface area contributed by atoms with Gasteiger partial charge in [0.05, 0.1) is 33.8 Å². The predicted octanol–water partition coefficient (Wildman–Crippen LogP) is 4.97. The molecule has 1 aliphatic carbocycles. The second kappa shape index (κ2) is 9.57. The molecule has 7 nitrogen and oxygen atoms in total. The third-order valence-corrected chi connectivity index (χ3v) is 5.97. The van der Waals surface area contributed by atoms with Crippen molar-refractivity contribution < 1.29 is 27.2 Å². The number of hydrogen-bond donors (Lipinski definition) is 2. The molecule has 37 heavy (non-hydrogen) atoms. The second-order valence-corrected chi connectivity index (χ2v) is 8.43. The first-order valence-corrected chi connectivity index (χ1v) is 11.4. The topological polar surface area (TPSA) is 96.9 Å². The van der Waals surface area contributed by atoms with Gasteiger partial charge in [0.25, 0.3) is 11.8 Å². The van der Waals surface area contributed by atoms with Crippen molar-refractivity contribution in [3.63, 3.8) is 0 Å². The molecule has 0 bridgehead atoms. The lowest BCUT2D eigenvalue weighted by Crippen LogP contribution is -2.33. The van der Waals surface area contributed by atoms with Gasteiger partial charge in [0.2, 0.25) is 0 Å². The number of carbonyl (C=O) groups is 2. The number of aromatic nitrogens is 3. The minimum absolute atomic E-state index is 0.135. The zero-order chi connectivity index (χ0) is 26.2. The summed E-state index contributed by atoms with van der Waals surface area (Å²) in [5, 5.41) is 5.26. The summed E-state index contributed by atoms with van der Waals surface area (Å²) in [6, 6.07) is 3.91. The number of benzene rings is 1. The summed E-state index contributed by atoms with van der Waals surface area (Å²) in [7, 11) is 0. The summed E-state index contributed by atoms with van der Waals surface area (Å²) in [5.41, 5.74) is -0.443. The predicted molar refractivity (Wildman–Crippen MR) is 127 cm³/mol. The first kappa shape index (κ1) is 24.3. The number of anilines is 1. The quantitative estimate of drug-likeness (QED) is 0.485. The standard InChI is InChI=1S/C26H19F4N5O2/c27-19-13-18(26(28,29)30)15(23-31-8-4-9-32-23)11-16(19)25(37)35-21-12-17-20(7-10-33-24(17)36)34-22(21)14-5-2-1-3-6-14/h2,4-6,8-9,11-13H,1,3,7,10H2,(H,33,36)(H,35,37). The molecule has 0 fully saturated rings. The number of allylic oxidation sites excluding steroid dienone is 4. The van der Waals surface area contributed by atoms with Crippen molar-refractivity contribution in [3.05, 3.63) is 88.8 Å². The van der Waals surface area contributed by atoms with Crippen LogP contribution in [0.2, 0.25) is 0 Å². The van der Waals surface area contributed by atoms with Crippen LogP contribution in [0, 0.1) is 5.82 Å². The van der Waals surface area contributed by atoms with Gasteiger partial charge in [-0.2, -0.15) is 13.2 Å². The average Bonchev–Trinajstić information content (AvgIpc) is 2.89. The number of amides is 2. The summed E-state index contributed by atoms with van der Waals surface area (Å²) in [4.78, 5) is 37.9. The fourth-order valence-electron chi connectivity index (χ4n) is 4.23. The summed E-state index contributed by atoms with van der Waals surface area (Å²) in [5.74, 6) is -3.06. The molecule has 2 N–H and O–H groups in total. The largest absolute Gasteiger partial charge is 0.417 e. The van der Waals surface area contributed by atoms with Crippen LogP contribution in [-0.2, 0) is 12.6 Å². The summed E-state index contributed by atoms with van der Waals surface area (Å²) >= 11 is 0. The summed E-state index contributed by atoms with van der Waals surface area (Å²) in [6.45, 7) is 0.417. The van der Waals surface area contributed by atoms with Gasteiger partial charge >= 0.3 is 6.18 Å². The molecular formula is C26H19F4N5O2. The van der Waals surface area contributed by atoms with E-state index in [0.29, 0.717) is 29.9 Å². The van der Waals surface area contributed by atoms with Crippen molar-refractivity contribution in [2.75, 3.05) is 11.9 Å². The molecule has 0 saturated carbocycles. The van der Waals surface area contributed by atoms with E-state index in [9.17, 15) is 27.2 Å². The number of fused-ring (bicyclic) bond motifs is 1. The maximum atomic E-state index is 14.9. The van der Waals surface area contributed by atoms with Crippen LogP contribution in [0.4, 0.5) is 23.2 Å². The van der Waals surface area contributed by atoms with Crippen molar-refractivity contribution in [1.82, 2.24) is 20.3 Å². The fourth-order valence-corrected chi connectivity index (χ4v) is 4.23. The van der Waals surface area contributed by atoms with Crippen molar-refractivity contribution >= 4 is 23.1 Å². The molecule has 0 saturated heterocycles. The Kier molecular flexibility index (Phi) is 6.28. The molecule has 0 atom stereocenters. The molecule has 11 heteroatoms.